The molecule has 0 bridgehead atoms. The third-order valence-corrected chi connectivity index (χ3v) is 4.82. The minimum atomic E-state index is 0.0165. The summed E-state index contributed by atoms with van der Waals surface area (Å²) in [6, 6.07) is 27.2. The van der Waals surface area contributed by atoms with Gasteiger partial charge in [-0.25, -0.2) is 4.98 Å². The lowest BCUT2D eigenvalue weighted by Gasteiger charge is -2.22. The number of hydrogen-bond acceptors (Lipinski definition) is 3. The van der Waals surface area contributed by atoms with Crippen molar-refractivity contribution in [3.8, 4) is 5.75 Å². The number of para-hydroxylation sites is 4. The molecule has 0 spiro atoms. The van der Waals surface area contributed by atoms with Gasteiger partial charge >= 0.3 is 0 Å². The van der Waals surface area contributed by atoms with Crippen LogP contribution in [0.1, 0.15) is 12.7 Å². The molecule has 0 N–H and O–H groups in total. The van der Waals surface area contributed by atoms with Crippen molar-refractivity contribution in [1.29, 1.82) is 0 Å². The number of amides is 1. The number of rotatable bonds is 7. The molecule has 146 valence electrons. The summed E-state index contributed by atoms with van der Waals surface area (Å²) in [5, 5.41) is 0. The second-order valence-electron chi connectivity index (χ2n) is 6.68. The van der Waals surface area contributed by atoms with E-state index in [1.807, 2.05) is 96.4 Å². The van der Waals surface area contributed by atoms with Crippen LogP contribution in [0.2, 0.25) is 0 Å². The molecule has 5 nitrogen and oxygen atoms in total. The number of nitrogens with zero attached hydrogens (tertiary/aromatic N) is 3. The lowest BCUT2D eigenvalue weighted by atomic mass is 10.2. The molecule has 1 heterocycles. The Kier molecular flexibility index (Phi) is 5.56. The molecule has 1 aromatic heterocycles. The lowest BCUT2D eigenvalue weighted by Crippen LogP contribution is -2.34. The second kappa shape index (κ2) is 8.61. The van der Waals surface area contributed by atoms with Crippen molar-refractivity contribution < 1.29 is 9.53 Å². The van der Waals surface area contributed by atoms with Crippen molar-refractivity contribution in [2.45, 2.75) is 20.1 Å². The molecule has 0 aliphatic carbocycles. The van der Waals surface area contributed by atoms with Gasteiger partial charge in [0.15, 0.2) is 0 Å². The van der Waals surface area contributed by atoms with Gasteiger partial charge in [-0.2, -0.15) is 0 Å². The second-order valence-corrected chi connectivity index (χ2v) is 6.68. The maximum atomic E-state index is 13.1. The van der Waals surface area contributed by atoms with Gasteiger partial charge in [0.25, 0.3) is 0 Å². The molecule has 4 aromatic rings. The highest BCUT2D eigenvalue weighted by molar-refractivity contribution is 5.94. The molecular weight excluding hydrogens is 362 g/mol. The summed E-state index contributed by atoms with van der Waals surface area (Å²) >= 11 is 0. The Bertz CT molecular complexity index is 1090. The van der Waals surface area contributed by atoms with Gasteiger partial charge in [0.1, 0.15) is 24.7 Å². The molecule has 1 amide bonds. The maximum Gasteiger partial charge on any atom is 0.246 e. The molecule has 0 aliphatic heterocycles. The number of carbonyl (C=O) groups is 1. The maximum absolute atomic E-state index is 13.1. The summed E-state index contributed by atoms with van der Waals surface area (Å²) in [5.41, 5.74) is 2.68. The van der Waals surface area contributed by atoms with E-state index >= 15 is 0 Å². The van der Waals surface area contributed by atoms with Gasteiger partial charge in [-0.3, -0.25) is 4.79 Å². The van der Waals surface area contributed by atoms with Crippen molar-refractivity contribution in [2.75, 3.05) is 11.4 Å². The van der Waals surface area contributed by atoms with E-state index in [1.165, 1.54) is 0 Å². The Balaban J connectivity index is 1.62. The minimum absolute atomic E-state index is 0.0165. The van der Waals surface area contributed by atoms with E-state index < -0.39 is 0 Å². The fraction of sp³-hybridized carbons (Fsp3) is 0.167. The Labute approximate surface area is 170 Å². The van der Waals surface area contributed by atoms with Crippen LogP contribution in [0, 0.1) is 0 Å². The smallest absolute Gasteiger partial charge is 0.246 e. The molecule has 0 saturated carbocycles. The Morgan fingerprint density at radius 1 is 0.931 bits per heavy atom. The van der Waals surface area contributed by atoms with Crippen LogP contribution in [-0.2, 0) is 17.9 Å². The molecule has 0 fully saturated rings. The molecule has 3 aromatic carbocycles. The summed E-state index contributed by atoms with van der Waals surface area (Å²) in [7, 11) is 0. The summed E-state index contributed by atoms with van der Waals surface area (Å²) in [5.74, 6) is 1.52. The predicted molar refractivity (Wildman–Crippen MR) is 115 cm³/mol. The highest BCUT2D eigenvalue weighted by atomic mass is 16.5. The van der Waals surface area contributed by atoms with Gasteiger partial charge in [-0.15, -0.1) is 0 Å². The molecule has 5 heteroatoms. The van der Waals surface area contributed by atoms with Crippen LogP contribution in [-0.4, -0.2) is 22.0 Å². The number of fused-ring (bicyclic) bond motifs is 1. The average molecular weight is 385 g/mol. The van der Waals surface area contributed by atoms with Crippen LogP contribution in [0.15, 0.2) is 84.9 Å². The molecule has 4 rings (SSSR count). The molecule has 0 radical (unpaired) electrons. The van der Waals surface area contributed by atoms with Crippen molar-refractivity contribution >= 4 is 22.6 Å². The van der Waals surface area contributed by atoms with Gasteiger partial charge in [-0.1, -0.05) is 48.5 Å². The zero-order valence-corrected chi connectivity index (χ0v) is 16.4. The van der Waals surface area contributed by atoms with Crippen LogP contribution in [0.25, 0.3) is 11.0 Å². The number of anilines is 1. The zero-order valence-electron chi connectivity index (χ0n) is 16.4. The Morgan fingerprint density at radius 2 is 1.59 bits per heavy atom. The van der Waals surface area contributed by atoms with Crippen LogP contribution in [0.3, 0.4) is 0 Å². The van der Waals surface area contributed by atoms with Crippen LogP contribution in [0.4, 0.5) is 5.69 Å². The SMILES string of the molecule is CCN(C(=O)Cn1c(COc2ccccc2)nc2ccccc21)c1ccccc1. The Morgan fingerprint density at radius 3 is 2.31 bits per heavy atom. The fourth-order valence-corrected chi connectivity index (χ4v) is 3.41. The van der Waals surface area contributed by atoms with E-state index in [9.17, 15) is 4.79 Å². The minimum Gasteiger partial charge on any atom is -0.486 e. The van der Waals surface area contributed by atoms with Crippen LogP contribution < -0.4 is 9.64 Å². The van der Waals surface area contributed by atoms with E-state index in [4.69, 9.17) is 9.72 Å². The number of benzene rings is 3. The fourth-order valence-electron chi connectivity index (χ4n) is 3.41. The van der Waals surface area contributed by atoms with Crippen molar-refractivity contribution in [3.63, 3.8) is 0 Å². The first-order valence-electron chi connectivity index (χ1n) is 9.73. The summed E-state index contributed by atoms with van der Waals surface area (Å²) < 4.78 is 7.86. The third kappa shape index (κ3) is 4.14. The molecule has 0 saturated heterocycles. The number of hydrogen-bond donors (Lipinski definition) is 0. The number of likely N-dealkylation sites (N-methyl/N-ethyl adjacent to an activating group) is 1. The van der Waals surface area contributed by atoms with E-state index in [0.717, 1.165) is 28.3 Å². The van der Waals surface area contributed by atoms with E-state index in [2.05, 4.69) is 0 Å². The normalized spacial score (nSPS) is 10.8. The monoisotopic (exact) mass is 385 g/mol. The highest BCUT2D eigenvalue weighted by Gasteiger charge is 2.18. The zero-order chi connectivity index (χ0) is 20.1. The van der Waals surface area contributed by atoms with Crippen molar-refractivity contribution in [2.24, 2.45) is 0 Å². The van der Waals surface area contributed by atoms with E-state index in [1.54, 1.807) is 4.90 Å². The lowest BCUT2D eigenvalue weighted by molar-refractivity contribution is -0.119. The first-order chi connectivity index (χ1) is 14.3. The van der Waals surface area contributed by atoms with Crippen molar-refractivity contribution in [3.05, 3.63) is 90.8 Å². The van der Waals surface area contributed by atoms with Gasteiger partial charge in [0.2, 0.25) is 5.91 Å². The van der Waals surface area contributed by atoms with Gasteiger partial charge in [0.05, 0.1) is 11.0 Å². The highest BCUT2D eigenvalue weighted by Crippen LogP contribution is 2.20. The first-order valence-corrected chi connectivity index (χ1v) is 9.73. The number of carbonyl (C=O) groups excluding carboxylic acids is 1. The number of ether oxygens (including phenoxy) is 1. The van der Waals surface area contributed by atoms with Gasteiger partial charge < -0.3 is 14.2 Å². The Hall–Kier alpha value is -3.60. The van der Waals surface area contributed by atoms with Crippen molar-refractivity contribution in [1.82, 2.24) is 9.55 Å². The third-order valence-electron chi connectivity index (χ3n) is 4.82. The molecular formula is C24H23N3O2. The van der Waals surface area contributed by atoms with Gasteiger partial charge in [-0.05, 0) is 43.3 Å². The summed E-state index contributed by atoms with van der Waals surface area (Å²) in [6.07, 6.45) is 0. The number of aromatic nitrogens is 2. The average Bonchev–Trinajstić information content (AvgIpc) is 3.12. The topological polar surface area (TPSA) is 47.4 Å². The van der Waals surface area contributed by atoms with Gasteiger partial charge in [0, 0.05) is 12.2 Å². The predicted octanol–water partition coefficient (Wildman–Crippen LogP) is 4.67. The quantitative estimate of drug-likeness (QED) is 0.464. The standard InChI is InChI=1S/C24H23N3O2/c1-2-26(19-11-5-3-6-12-19)24(28)17-27-22-16-10-9-15-21(22)25-23(27)18-29-20-13-7-4-8-14-20/h3-16H,2,17-18H2,1H3. The largest absolute Gasteiger partial charge is 0.486 e. The summed E-state index contributed by atoms with van der Waals surface area (Å²) in [4.78, 5) is 19.6. The first kappa shape index (κ1) is 18.7. The van der Waals surface area contributed by atoms with Crippen LogP contribution in [0.5, 0.6) is 5.75 Å². The van der Waals surface area contributed by atoms with E-state index in [0.29, 0.717) is 13.2 Å². The molecule has 0 aliphatic rings. The molecule has 0 atom stereocenters. The van der Waals surface area contributed by atoms with E-state index in [-0.39, 0.29) is 12.5 Å². The number of imidazole rings is 1. The summed E-state index contributed by atoms with van der Waals surface area (Å²) in [6.45, 7) is 3.09. The van der Waals surface area contributed by atoms with Crippen LogP contribution >= 0.6 is 0 Å². The molecule has 0 unspecified atom stereocenters. The molecule has 29 heavy (non-hydrogen) atoms.